The maximum Gasteiger partial charge on any atom is 0.319 e. The summed E-state index contributed by atoms with van der Waals surface area (Å²) in [5.41, 5.74) is 0.725. The number of phenols is 1. The van der Waals surface area contributed by atoms with E-state index in [-0.39, 0.29) is 11.8 Å². The molecule has 1 unspecified atom stereocenters. The van der Waals surface area contributed by atoms with Gasteiger partial charge in [-0.1, -0.05) is 24.6 Å². The molecule has 2 aromatic rings. The zero-order valence-corrected chi connectivity index (χ0v) is 13.1. The van der Waals surface area contributed by atoms with Gasteiger partial charge < -0.3 is 15.7 Å². The molecule has 0 heterocycles. The van der Waals surface area contributed by atoms with Crippen LogP contribution in [0, 0.1) is 17.8 Å². The van der Waals surface area contributed by atoms with Crippen molar-refractivity contribution in [1.29, 1.82) is 0 Å². The van der Waals surface area contributed by atoms with Gasteiger partial charge in [-0.2, -0.15) is 0 Å². The average Bonchev–Trinajstić information content (AvgIpc) is 2.53. The third-order valence-corrected chi connectivity index (χ3v) is 5.52. The predicted octanol–water partition coefficient (Wildman–Crippen LogP) is 4.10. The van der Waals surface area contributed by atoms with Crippen LogP contribution in [0.4, 0.5) is 10.5 Å². The second-order valence-electron chi connectivity index (χ2n) is 6.98. The van der Waals surface area contributed by atoms with Gasteiger partial charge in [0.2, 0.25) is 0 Å². The molecule has 3 N–H and O–H groups in total. The summed E-state index contributed by atoms with van der Waals surface area (Å²) >= 11 is 0. The molecule has 3 saturated carbocycles. The lowest BCUT2D eigenvalue weighted by molar-refractivity contribution is 0.0515. The maximum absolute atomic E-state index is 12.2. The molecule has 3 fully saturated rings. The number of phenolic OH excluding ortho intramolecular Hbond substituents is 1. The van der Waals surface area contributed by atoms with Gasteiger partial charge in [0.1, 0.15) is 5.75 Å². The lowest BCUT2D eigenvalue weighted by Gasteiger charge is -2.46. The molecule has 2 aromatic carbocycles. The molecule has 0 radical (unpaired) electrons. The second-order valence-corrected chi connectivity index (χ2v) is 6.98. The summed E-state index contributed by atoms with van der Waals surface area (Å²) in [6, 6.07) is 10.8. The number of anilines is 1. The maximum atomic E-state index is 12.2. The Balaban J connectivity index is 1.41. The van der Waals surface area contributed by atoms with Crippen molar-refractivity contribution in [2.45, 2.75) is 25.7 Å². The minimum absolute atomic E-state index is 0.165. The van der Waals surface area contributed by atoms with Crippen molar-refractivity contribution >= 4 is 22.5 Å². The Hall–Kier alpha value is -2.23. The SMILES string of the molecule is O=C(NCC1CCC2CC1C2)Nc1cccc2ccc(O)cc12. The lowest BCUT2D eigenvalue weighted by atomic mass is 9.60. The van der Waals surface area contributed by atoms with Crippen LogP contribution in [0.3, 0.4) is 0 Å². The van der Waals surface area contributed by atoms with E-state index < -0.39 is 0 Å². The van der Waals surface area contributed by atoms with Gasteiger partial charge >= 0.3 is 6.03 Å². The monoisotopic (exact) mass is 310 g/mol. The molecule has 0 saturated heterocycles. The summed E-state index contributed by atoms with van der Waals surface area (Å²) in [6.07, 6.45) is 5.29. The highest BCUT2D eigenvalue weighted by Crippen LogP contribution is 2.48. The molecule has 0 aliphatic heterocycles. The van der Waals surface area contributed by atoms with Crippen LogP contribution < -0.4 is 10.6 Å². The van der Waals surface area contributed by atoms with Crippen LogP contribution in [0.15, 0.2) is 36.4 Å². The number of carbonyl (C=O) groups is 1. The first-order chi connectivity index (χ1) is 11.2. The number of rotatable bonds is 3. The van der Waals surface area contributed by atoms with E-state index in [1.54, 1.807) is 12.1 Å². The number of urea groups is 1. The first-order valence-electron chi connectivity index (χ1n) is 8.45. The van der Waals surface area contributed by atoms with Gasteiger partial charge in [-0.15, -0.1) is 0 Å². The molecule has 3 aliphatic rings. The highest BCUT2D eigenvalue weighted by Gasteiger charge is 2.39. The highest BCUT2D eigenvalue weighted by atomic mass is 16.3. The normalized spacial score (nSPS) is 25.7. The molecule has 4 nitrogen and oxygen atoms in total. The molecule has 120 valence electrons. The zero-order chi connectivity index (χ0) is 15.8. The minimum Gasteiger partial charge on any atom is -0.508 e. The molecule has 2 bridgehead atoms. The van der Waals surface area contributed by atoms with E-state index in [1.807, 2.05) is 24.3 Å². The van der Waals surface area contributed by atoms with Crippen molar-refractivity contribution in [1.82, 2.24) is 5.32 Å². The van der Waals surface area contributed by atoms with Gasteiger partial charge in [0.05, 0.1) is 5.69 Å². The van der Waals surface area contributed by atoms with Crippen molar-refractivity contribution in [3.8, 4) is 5.75 Å². The molecule has 0 aromatic heterocycles. The summed E-state index contributed by atoms with van der Waals surface area (Å²) in [7, 11) is 0. The van der Waals surface area contributed by atoms with E-state index in [1.165, 1.54) is 25.7 Å². The third kappa shape index (κ3) is 2.85. The summed E-state index contributed by atoms with van der Waals surface area (Å²) in [5, 5.41) is 17.5. The molecule has 5 rings (SSSR count). The Morgan fingerprint density at radius 1 is 1.17 bits per heavy atom. The van der Waals surface area contributed by atoms with Gasteiger partial charge in [-0.25, -0.2) is 4.79 Å². The van der Waals surface area contributed by atoms with Gasteiger partial charge in [0.15, 0.2) is 0 Å². The summed E-state index contributed by atoms with van der Waals surface area (Å²) in [6.45, 7) is 0.763. The zero-order valence-electron chi connectivity index (χ0n) is 13.1. The van der Waals surface area contributed by atoms with E-state index >= 15 is 0 Å². The van der Waals surface area contributed by atoms with E-state index in [4.69, 9.17) is 0 Å². The van der Waals surface area contributed by atoms with Gasteiger partial charge in [-0.05, 0) is 60.6 Å². The van der Waals surface area contributed by atoms with Crippen molar-refractivity contribution in [2.75, 3.05) is 11.9 Å². The smallest absolute Gasteiger partial charge is 0.319 e. The van der Waals surface area contributed by atoms with Crippen molar-refractivity contribution < 1.29 is 9.90 Å². The Morgan fingerprint density at radius 3 is 2.83 bits per heavy atom. The molecular weight excluding hydrogens is 288 g/mol. The largest absolute Gasteiger partial charge is 0.508 e. The predicted molar refractivity (Wildman–Crippen MR) is 91.6 cm³/mol. The van der Waals surface area contributed by atoms with Gasteiger partial charge in [0.25, 0.3) is 0 Å². The van der Waals surface area contributed by atoms with E-state index in [0.717, 1.165) is 34.8 Å². The summed E-state index contributed by atoms with van der Waals surface area (Å²) < 4.78 is 0. The Morgan fingerprint density at radius 2 is 2.04 bits per heavy atom. The second kappa shape index (κ2) is 5.76. The standard InChI is InChI=1S/C19H22N2O2/c22-16-7-6-13-2-1-3-18(17(13)10-16)21-19(23)20-11-14-5-4-12-8-15(14)9-12/h1-3,6-7,10,12,14-15,22H,4-5,8-9,11H2,(H2,20,21,23). The highest BCUT2D eigenvalue weighted by molar-refractivity contribution is 6.02. The number of hydrogen-bond donors (Lipinski definition) is 3. The quantitative estimate of drug-likeness (QED) is 0.799. The average molecular weight is 310 g/mol. The molecule has 4 heteroatoms. The Bertz CT molecular complexity index is 734. The summed E-state index contributed by atoms with van der Waals surface area (Å²) in [4.78, 5) is 12.2. The fourth-order valence-electron chi connectivity index (χ4n) is 4.12. The number of aromatic hydroxyl groups is 1. The van der Waals surface area contributed by atoms with Crippen LogP contribution in [0.1, 0.15) is 25.7 Å². The molecule has 2 amide bonds. The number of fused-ring (bicyclic) bond motifs is 3. The van der Waals surface area contributed by atoms with Crippen LogP contribution >= 0.6 is 0 Å². The van der Waals surface area contributed by atoms with E-state index in [0.29, 0.717) is 5.92 Å². The first kappa shape index (κ1) is 14.4. The fraction of sp³-hybridized carbons (Fsp3) is 0.421. The number of benzene rings is 2. The molecule has 1 atom stereocenters. The van der Waals surface area contributed by atoms with E-state index in [9.17, 15) is 9.90 Å². The van der Waals surface area contributed by atoms with Crippen molar-refractivity contribution in [2.24, 2.45) is 17.8 Å². The van der Waals surface area contributed by atoms with Crippen LogP contribution in [-0.2, 0) is 0 Å². The molecule has 23 heavy (non-hydrogen) atoms. The van der Waals surface area contributed by atoms with Crippen LogP contribution in [0.25, 0.3) is 10.8 Å². The van der Waals surface area contributed by atoms with Crippen LogP contribution in [0.2, 0.25) is 0 Å². The number of amides is 2. The minimum atomic E-state index is -0.165. The Labute approximate surface area is 135 Å². The number of nitrogens with one attached hydrogen (secondary N) is 2. The summed E-state index contributed by atoms with van der Waals surface area (Å²) in [5.74, 6) is 2.63. The van der Waals surface area contributed by atoms with Crippen LogP contribution in [0.5, 0.6) is 5.75 Å². The first-order valence-corrected chi connectivity index (χ1v) is 8.45. The lowest BCUT2D eigenvalue weighted by Crippen LogP contribution is -2.43. The topological polar surface area (TPSA) is 61.4 Å². The Kier molecular flexibility index (Phi) is 3.60. The number of carbonyl (C=O) groups excluding carboxylic acids is 1. The van der Waals surface area contributed by atoms with Gasteiger partial charge in [0, 0.05) is 11.9 Å². The number of hydrogen-bond acceptors (Lipinski definition) is 2. The van der Waals surface area contributed by atoms with Crippen LogP contribution in [-0.4, -0.2) is 17.7 Å². The molecular formula is C19H22N2O2. The fourth-order valence-corrected chi connectivity index (χ4v) is 4.12. The van der Waals surface area contributed by atoms with Crippen molar-refractivity contribution in [3.05, 3.63) is 36.4 Å². The third-order valence-electron chi connectivity index (χ3n) is 5.52. The molecule has 0 spiro atoms. The van der Waals surface area contributed by atoms with Crippen molar-refractivity contribution in [3.63, 3.8) is 0 Å². The van der Waals surface area contributed by atoms with E-state index in [2.05, 4.69) is 10.6 Å². The molecule has 3 aliphatic carbocycles. The van der Waals surface area contributed by atoms with Gasteiger partial charge in [-0.3, -0.25) is 0 Å².